The molecule has 3 aromatic rings. The van der Waals surface area contributed by atoms with Gasteiger partial charge in [0.25, 0.3) is 0 Å². The van der Waals surface area contributed by atoms with Gasteiger partial charge >= 0.3 is 35.7 Å². The molecule has 0 saturated carbocycles. The summed E-state index contributed by atoms with van der Waals surface area (Å²) in [6, 6.07) is 5.28. The average molecular weight is 405 g/mol. The van der Waals surface area contributed by atoms with Crippen molar-refractivity contribution in [3.05, 3.63) is 81.1 Å². The Morgan fingerprint density at radius 3 is 2.11 bits per heavy atom. The zero-order chi connectivity index (χ0) is 19.9. The molecule has 0 radical (unpaired) electrons. The van der Waals surface area contributed by atoms with Crippen molar-refractivity contribution < 1.29 is 61.4 Å². The number of fused-ring (bicyclic) bond motifs is 1. The number of rotatable bonds is 3. The molecule has 28 heavy (non-hydrogen) atoms. The summed E-state index contributed by atoms with van der Waals surface area (Å²) in [5.41, 5.74) is -3.28. The third-order valence-electron chi connectivity index (χ3n) is 3.98. The number of aromatic nitrogens is 1. The SMILES string of the molecule is O=C([O-])c1cn(Cc2ccc(C(F)(F)F)cc2)c2c(F)ccc(F)c2c1=O.[Na+]. The van der Waals surface area contributed by atoms with Crippen LogP contribution in [0.2, 0.25) is 0 Å². The summed E-state index contributed by atoms with van der Waals surface area (Å²) >= 11 is 0. The summed E-state index contributed by atoms with van der Waals surface area (Å²) in [6.45, 7) is -0.296. The monoisotopic (exact) mass is 405 g/mol. The number of nitrogens with zero attached hydrogens (tertiary/aromatic N) is 1. The number of halogens is 5. The smallest absolute Gasteiger partial charge is 0.545 e. The number of aromatic carboxylic acids is 1. The Bertz CT molecular complexity index is 1110. The van der Waals surface area contributed by atoms with Gasteiger partial charge in [-0.15, -0.1) is 0 Å². The quantitative estimate of drug-likeness (QED) is 0.445. The van der Waals surface area contributed by atoms with Gasteiger partial charge in [-0.2, -0.15) is 13.2 Å². The van der Waals surface area contributed by atoms with E-state index in [1.165, 1.54) is 0 Å². The molecular weight excluding hydrogens is 396 g/mol. The van der Waals surface area contributed by atoms with E-state index in [4.69, 9.17) is 0 Å². The molecular formula is C18H9F5NNaO3. The van der Waals surface area contributed by atoms with Gasteiger partial charge in [-0.05, 0) is 29.8 Å². The molecule has 1 aromatic heterocycles. The molecule has 0 N–H and O–H groups in total. The fraction of sp³-hybridized carbons (Fsp3) is 0.111. The van der Waals surface area contributed by atoms with Crippen LogP contribution >= 0.6 is 0 Å². The van der Waals surface area contributed by atoms with Crippen LogP contribution in [0.5, 0.6) is 0 Å². The van der Waals surface area contributed by atoms with Gasteiger partial charge in [-0.3, -0.25) is 4.79 Å². The maximum Gasteiger partial charge on any atom is 1.00 e. The minimum Gasteiger partial charge on any atom is -0.545 e. The first-order chi connectivity index (χ1) is 12.6. The van der Waals surface area contributed by atoms with Crippen molar-refractivity contribution >= 4 is 16.9 Å². The van der Waals surface area contributed by atoms with Gasteiger partial charge in [0.2, 0.25) is 5.43 Å². The molecule has 0 bridgehead atoms. The van der Waals surface area contributed by atoms with Crippen LogP contribution in [0.1, 0.15) is 21.5 Å². The summed E-state index contributed by atoms with van der Waals surface area (Å²) in [5.74, 6) is -3.99. The van der Waals surface area contributed by atoms with Crippen LogP contribution in [-0.2, 0) is 12.7 Å². The number of pyridine rings is 1. The molecule has 4 nitrogen and oxygen atoms in total. The van der Waals surface area contributed by atoms with Crippen molar-refractivity contribution in [2.45, 2.75) is 12.7 Å². The normalized spacial score (nSPS) is 11.3. The van der Waals surface area contributed by atoms with E-state index in [0.29, 0.717) is 6.07 Å². The number of alkyl halides is 3. The third kappa shape index (κ3) is 4.11. The molecule has 0 aliphatic heterocycles. The van der Waals surface area contributed by atoms with Crippen molar-refractivity contribution in [1.29, 1.82) is 0 Å². The molecule has 0 unspecified atom stereocenters. The molecule has 0 spiro atoms. The maximum atomic E-state index is 14.2. The van der Waals surface area contributed by atoms with Crippen molar-refractivity contribution in [2.75, 3.05) is 0 Å². The summed E-state index contributed by atoms with van der Waals surface area (Å²) in [5, 5.41) is 10.4. The van der Waals surface area contributed by atoms with Crippen LogP contribution in [0, 0.1) is 11.6 Å². The van der Waals surface area contributed by atoms with E-state index in [9.17, 15) is 36.6 Å². The van der Waals surface area contributed by atoms with Gasteiger partial charge in [0.05, 0.1) is 28.0 Å². The van der Waals surface area contributed by atoms with Crippen LogP contribution < -0.4 is 40.1 Å². The molecule has 2 aromatic carbocycles. The first-order valence-corrected chi connectivity index (χ1v) is 7.48. The largest absolute Gasteiger partial charge is 1.00 e. The molecule has 3 rings (SSSR count). The second-order valence-electron chi connectivity index (χ2n) is 5.73. The summed E-state index contributed by atoms with van der Waals surface area (Å²) in [4.78, 5) is 23.3. The predicted octanol–water partition coefficient (Wildman–Crippen LogP) is -0.286. The minimum absolute atomic E-state index is 0. The summed E-state index contributed by atoms with van der Waals surface area (Å²) in [6.07, 6.45) is -3.76. The van der Waals surface area contributed by atoms with Crippen molar-refractivity contribution in [3.8, 4) is 0 Å². The second kappa shape index (κ2) is 8.02. The van der Waals surface area contributed by atoms with Crippen molar-refractivity contribution in [1.82, 2.24) is 4.57 Å². The van der Waals surface area contributed by atoms with Crippen LogP contribution in [0.4, 0.5) is 22.0 Å². The summed E-state index contributed by atoms with van der Waals surface area (Å²) < 4.78 is 67.1. The Hall–Kier alpha value is -2.23. The molecule has 140 valence electrons. The van der Waals surface area contributed by atoms with E-state index in [-0.39, 0.29) is 41.7 Å². The number of carbonyl (C=O) groups excluding carboxylic acids is 1. The fourth-order valence-electron chi connectivity index (χ4n) is 2.72. The van der Waals surface area contributed by atoms with E-state index < -0.39 is 51.2 Å². The van der Waals surface area contributed by atoms with Gasteiger partial charge in [0, 0.05) is 12.7 Å². The van der Waals surface area contributed by atoms with E-state index in [2.05, 4.69) is 0 Å². The Balaban J connectivity index is 0.00000280. The zero-order valence-electron chi connectivity index (χ0n) is 14.3. The fourth-order valence-corrected chi connectivity index (χ4v) is 2.72. The first kappa shape index (κ1) is 22.1. The van der Waals surface area contributed by atoms with E-state index in [1.807, 2.05) is 0 Å². The van der Waals surface area contributed by atoms with Crippen molar-refractivity contribution in [2.24, 2.45) is 0 Å². The number of hydrogen-bond donors (Lipinski definition) is 0. The molecule has 0 aliphatic rings. The van der Waals surface area contributed by atoms with Gasteiger partial charge in [0.15, 0.2) is 0 Å². The van der Waals surface area contributed by atoms with Gasteiger partial charge in [-0.25, -0.2) is 8.78 Å². The maximum absolute atomic E-state index is 14.2. The minimum atomic E-state index is -4.54. The topological polar surface area (TPSA) is 62.1 Å². The van der Waals surface area contributed by atoms with Crippen LogP contribution in [0.15, 0.2) is 47.4 Å². The Morgan fingerprint density at radius 2 is 1.57 bits per heavy atom. The number of carbonyl (C=O) groups is 1. The van der Waals surface area contributed by atoms with E-state index in [1.54, 1.807) is 0 Å². The molecule has 10 heteroatoms. The number of hydrogen-bond acceptors (Lipinski definition) is 3. The van der Waals surface area contributed by atoms with Gasteiger partial charge in [0.1, 0.15) is 11.6 Å². The molecule has 0 atom stereocenters. The van der Waals surface area contributed by atoms with E-state index in [0.717, 1.165) is 41.1 Å². The Morgan fingerprint density at radius 1 is 1.00 bits per heavy atom. The summed E-state index contributed by atoms with van der Waals surface area (Å²) in [7, 11) is 0. The second-order valence-corrected chi connectivity index (χ2v) is 5.73. The number of benzene rings is 2. The van der Waals surface area contributed by atoms with Gasteiger partial charge in [-0.1, -0.05) is 12.1 Å². The van der Waals surface area contributed by atoms with Crippen molar-refractivity contribution in [3.63, 3.8) is 0 Å². The van der Waals surface area contributed by atoms with Crippen LogP contribution in [-0.4, -0.2) is 10.5 Å². The van der Waals surface area contributed by atoms with Gasteiger partial charge < -0.3 is 14.5 Å². The standard InChI is InChI=1S/C18H10F5NO3.Na/c19-12-5-6-13(20)15-14(12)16(25)11(17(26)27)8-24(15)7-9-1-3-10(4-2-9)18(21,22)23;/h1-6,8H,7H2,(H,26,27);/q;+1/p-1. The first-order valence-electron chi connectivity index (χ1n) is 7.48. The third-order valence-corrected chi connectivity index (χ3v) is 3.98. The predicted molar refractivity (Wildman–Crippen MR) is 83.0 cm³/mol. The number of carboxylic acids is 1. The molecule has 0 saturated heterocycles. The molecule has 1 heterocycles. The van der Waals surface area contributed by atoms with Crippen LogP contribution in [0.25, 0.3) is 10.9 Å². The Labute approximate surface area is 176 Å². The molecule has 0 aliphatic carbocycles. The van der Waals surface area contributed by atoms with Crippen LogP contribution in [0.3, 0.4) is 0 Å². The Kier molecular flexibility index (Phi) is 6.32. The average Bonchev–Trinajstić information content (AvgIpc) is 2.59. The van der Waals surface area contributed by atoms with E-state index >= 15 is 0 Å². The molecule has 0 fully saturated rings. The zero-order valence-corrected chi connectivity index (χ0v) is 16.3. The molecule has 0 amide bonds. The number of carboxylic acid groups (broad SMARTS) is 1.